The van der Waals surface area contributed by atoms with E-state index in [2.05, 4.69) is 21.6 Å². The second-order valence-electron chi connectivity index (χ2n) is 5.83. The number of benzene rings is 1. The zero-order valence-electron chi connectivity index (χ0n) is 12.8. The molecule has 1 saturated carbocycles. The lowest BCUT2D eigenvalue weighted by molar-refractivity contribution is 0.326. The third-order valence-corrected chi connectivity index (χ3v) is 4.12. The zero-order valence-corrected chi connectivity index (χ0v) is 12.8. The van der Waals surface area contributed by atoms with Gasteiger partial charge in [-0.05, 0) is 42.9 Å². The number of nitrogens with one attached hydrogen (secondary N) is 1. The molecule has 5 nitrogen and oxygen atoms in total. The Kier molecular flexibility index (Phi) is 4.73. The van der Waals surface area contributed by atoms with Crippen LogP contribution in [0.5, 0.6) is 0 Å². The molecule has 1 aromatic carbocycles. The molecule has 0 saturated heterocycles. The molecule has 116 valence electrons. The van der Waals surface area contributed by atoms with Gasteiger partial charge in [-0.15, -0.1) is 0 Å². The van der Waals surface area contributed by atoms with Gasteiger partial charge < -0.3 is 11.1 Å². The monoisotopic (exact) mass is 297 g/mol. The Bertz CT molecular complexity index is 613. The highest BCUT2D eigenvalue weighted by atomic mass is 15.3. The molecule has 3 rings (SSSR count). The number of rotatable bonds is 6. The Morgan fingerprint density at radius 1 is 1.32 bits per heavy atom. The van der Waals surface area contributed by atoms with Crippen LogP contribution in [0.25, 0.3) is 5.69 Å². The largest absolute Gasteiger partial charge is 0.370 e. The lowest BCUT2D eigenvalue weighted by Gasteiger charge is -2.23. The van der Waals surface area contributed by atoms with E-state index < -0.39 is 0 Å². The lowest BCUT2D eigenvalue weighted by Crippen LogP contribution is -2.34. The molecule has 0 bridgehead atoms. The van der Waals surface area contributed by atoms with E-state index in [1.54, 1.807) is 0 Å². The van der Waals surface area contributed by atoms with Gasteiger partial charge in [0.25, 0.3) is 0 Å². The quantitative estimate of drug-likeness (QED) is 0.634. The molecule has 1 aliphatic carbocycles. The molecule has 1 aliphatic rings. The lowest BCUT2D eigenvalue weighted by atomic mass is 9.86. The van der Waals surface area contributed by atoms with E-state index in [4.69, 9.17) is 5.73 Å². The second kappa shape index (κ2) is 7.11. The maximum atomic E-state index is 5.88. The zero-order chi connectivity index (χ0) is 15.2. The first-order valence-corrected chi connectivity index (χ1v) is 7.94. The van der Waals surface area contributed by atoms with E-state index in [1.807, 2.05) is 41.2 Å². The Balaban J connectivity index is 1.45. The number of guanidine groups is 1. The summed E-state index contributed by atoms with van der Waals surface area (Å²) in [5.74, 6) is 1.31. The normalized spacial score (nSPS) is 15.5. The number of hydrogen-bond acceptors (Lipinski definition) is 2. The molecule has 0 aliphatic heterocycles. The molecule has 0 amide bonds. The van der Waals surface area contributed by atoms with Crippen LogP contribution >= 0.6 is 0 Å². The average molecular weight is 297 g/mol. The summed E-state index contributed by atoms with van der Waals surface area (Å²) in [6.07, 6.45) is 8.78. The third kappa shape index (κ3) is 3.87. The van der Waals surface area contributed by atoms with Gasteiger partial charge in [0.2, 0.25) is 0 Å². The van der Waals surface area contributed by atoms with Crippen molar-refractivity contribution in [2.75, 3.05) is 13.1 Å². The maximum absolute atomic E-state index is 5.88. The first-order valence-electron chi connectivity index (χ1n) is 7.94. The highest BCUT2D eigenvalue weighted by molar-refractivity contribution is 5.77. The molecule has 22 heavy (non-hydrogen) atoms. The highest BCUT2D eigenvalue weighted by Crippen LogP contribution is 2.26. The van der Waals surface area contributed by atoms with Crippen molar-refractivity contribution < 1.29 is 0 Å². The van der Waals surface area contributed by atoms with E-state index in [0.717, 1.165) is 31.1 Å². The van der Waals surface area contributed by atoms with Crippen LogP contribution in [0.4, 0.5) is 0 Å². The predicted molar refractivity (Wildman–Crippen MR) is 89.1 cm³/mol. The van der Waals surface area contributed by atoms with Crippen molar-refractivity contribution >= 4 is 5.96 Å². The standard InChI is InChI=1S/C17H23N5/c18-17(20-11-14-5-4-6-14)19-10-9-15-12-21-22(13-15)16-7-2-1-3-8-16/h1-3,7-8,12-14H,4-6,9-11H2,(H3,18,19,20). The first-order chi connectivity index (χ1) is 10.8. The number of nitrogens with two attached hydrogens (primary N) is 1. The third-order valence-electron chi connectivity index (χ3n) is 4.12. The number of aliphatic imine (C=N–C) groups is 1. The number of aromatic nitrogens is 2. The van der Waals surface area contributed by atoms with Gasteiger partial charge in [0.15, 0.2) is 5.96 Å². The minimum atomic E-state index is 0.558. The Morgan fingerprint density at radius 2 is 2.14 bits per heavy atom. The molecule has 1 fully saturated rings. The number of nitrogens with zero attached hydrogens (tertiary/aromatic N) is 3. The molecule has 2 aromatic rings. The molecule has 1 aromatic heterocycles. The summed E-state index contributed by atoms with van der Waals surface area (Å²) in [6, 6.07) is 10.1. The van der Waals surface area contributed by atoms with Gasteiger partial charge in [0.05, 0.1) is 11.9 Å². The molecule has 1 heterocycles. The molecule has 0 radical (unpaired) electrons. The summed E-state index contributed by atoms with van der Waals surface area (Å²) in [7, 11) is 0. The Hall–Kier alpha value is -2.30. The highest BCUT2D eigenvalue weighted by Gasteiger charge is 2.16. The van der Waals surface area contributed by atoms with Crippen molar-refractivity contribution in [3.05, 3.63) is 48.3 Å². The average Bonchev–Trinajstić information content (AvgIpc) is 2.95. The number of hydrogen-bond donors (Lipinski definition) is 2. The smallest absolute Gasteiger partial charge is 0.188 e. The summed E-state index contributed by atoms with van der Waals surface area (Å²) in [5.41, 5.74) is 8.14. The van der Waals surface area contributed by atoms with E-state index in [9.17, 15) is 0 Å². The topological polar surface area (TPSA) is 68.2 Å². The van der Waals surface area contributed by atoms with Crippen LogP contribution in [-0.4, -0.2) is 28.8 Å². The maximum Gasteiger partial charge on any atom is 0.188 e. The van der Waals surface area contributed by atoms with Crippen molar-refractivity contribution in [2.45, 2.75) is 25.7 Å². The summed E-state index contributed by atoms with van der Waals surface area (Å²) in [4.78, 5) is 4.39. The van der Waals surface area contributed by atoms with Crippen LogP contribution in [-0.2, 0) is 6.42 Å². The van der Waals surface area contributed by atoms with E-state index >= 15 is 0 Å². The fraction of sp³-hybridized carbons (Fsp3) is 0.412. The van der Waals surface area contributed by atoms with Crippen LogP contribution in [0.2, 0.25) is 0 Å². The predicted octanol–water partition coefficient (Wildman–Crippen LogP) is 2.12. The Morgan fingerprint density at radius 3 is 2.86 bits per heavy atom. The van der Waals surface area contributed by atoms with Crippen LogP contribution in [0.1, 0.15) is 24.8 Å². The molecular weight excluding hydrogens is 274 g/mol. The van der Waals surface area contributed by atoms with Gasteiger partial charge >= 0.3 is 0 Å². The van der Waals surface area contributed by atoms with Crippen LogP contribution in [0, 0.1) is 5.92 Å². The summed E-state index contributed by atoms with van der Waals surface area (Å²) < 4.78 is 1.89. The Labute approximate surface area is 131 Å². The van der Waals surface area contributed by atoms with E-state index in [-0.39, 0.29) is 0 Å². The van der Waals surface area contributed by atoms with Gasteiger partial charge in [-0.2, -0.15) is 5.10 Å². The van der Waals surface area contributed by atoms with Crippen molar-refractivity contribution in [1.82, 2.24) is 15.1 Å². The van der Waals surface area contributed by atoms with Gasteiger partial charge in [-0.1, -0.05) is 24.6 Å². The number of para-hydroxylation sites is 1. The van der Waals surface area contributed by atoms with Crippen molar-refractivity contribution in [3.8, 4) is 5.69 Å². The van der Waals surface area contributed by atoms with Crippen molar-refractivity contribution in [1.29, 1.82) is 0 Å². The fourth-order valence-electron chi connectivity index (χ4n) is 2.50. The van der Waals surface area contributed by atoms with Gasteiger partial charge in [0.1, 0.15) is 0 Å². The van der Waals surface area contributed by atoms with Crippen molar-refractivity contribution in [3.63, 3.8) is 0 Å². The van der Waals surface area contributed by atoms with E-state index in [1.165, 1.54) is 24.8 Å². The summed E-state index contributed by atoms with van der Waals surface area (Å²) in [5, 5.41) is 7.56. The first kappa shape index (κ1) is 14.6. The van der Waals surface area contributed by atoms with Gasteiger partial charge in [0, 0.05) is 19.3 Å². The second-order valence-corrected chi connectivity index (χ2v) is 5.83. The van der Waals surface area contributed by atoms with Gasteiger partial charge in [-0.3, -0.25) is 4.99 Å². The molecule has 0 atom stereocenters. The fourth-order valence-corrected chi connectivity index (χ4v) is 2.50. The van der Waals surface area contributed by atoms with Gasteiger partial charge in [-0.25, -0.2) is 4.68 Å². The van der Waals surface area contributed by atoms with Crippen molar-refractivity contribution in [2.24, 2.45) is 16.6 Å². The minimum Gasteiger partial charge on any atom is -0.370 e. The molecular formula is C17H23N5. The summed E-state index contributed by atoms with van der Waals surface area (Å²) >= 11 is 0. The molecule has 3 N–H and O–H groups in total. The van der Waals surface area contributed by atoms with Crippen LogP contribution in [0.15, 0.2) is 47.7 Å². The molecule has 0 unspecified atom stereocenters. The van der Waals surface area contributed by atoms with Crippen LogP contribution in [0.3, 0.4) is 0 Å². The molecule has 5 heteroatoms. The van der Waals surface area contributed by atoms with Crippen LogP contribution < -0.4 is 11.1 Å². The SMILES string of the molecule is NC(=NCC1CCC1)NCCc1cnn(-c2ccccc2)c1. The summed E-state index contributed by atoms with van der Waals surface area (Å²) in [6.45, 7) is 1.64. The van der Waals surface area contributed by atoms with E-state index in [0.29, 0.717) is 5.96 Å². The minimum absolute atomic E-state index is 0.558. The molecule has 0 spiro atoms.